The van der Waals surface area contributed by atoms with Crippen LogP contribution in [0, 0.1) is 5.82 Å². The van der Waals surface area contributed by atoms with Crippen molar-refractivity contribution < 1.29 is 4.39 Å². The van der Waals surface area contributed by atoms with Gasteiger partial charge in [0.25, 0.3) is 0 Å². The monoisotopic (exact) mass is 296 g/mol. The molecule has 0 radical (unpaired) electrons. The molecule has 4 rings (SSSR count). The van der Waals surface area contributed by atoms with Crippen LogP contribution < -0.4 is 10.6 Å². The van der Waals surface area contributed by atoms with E-state index >= 15 is 0 Å². The maximum Gasteiger partial charge on any atom is 0.138 e. The number of piperazine rings is 1. The van der Waals surface area contributed by atoms with Gasteiger partial charge in [0.15, 0.2) is 0 Å². The van der Waals surface area contributed by atoms with E-state index < -0.39 is 0 Å². The van der Waals surface area contributed by atoms with E-state index in [2.05, 4.69) is 21.6 Å². The van der Waals surface area contributed by atoms with Crippen molar-refractivity contribution in [3.05, 3.63) is 53.8 Å². The number of halogens is 1. The van der Waals surface area contributed by atoms with E-state index in [1.807, 2.05) is 18.2 Å². The van der Waals surface area contributed by atoms with Crippen LogP contribution in [-0.4, -0.2) is 36.9 Å². The molecule has 0 aromatic heterocycles. The zero-order valence-corrected chi connectivity index (χ0v) is 12.1. The van der Waals surface area contributed by atoms with Gasteiger partial charge in [-0.15, -0.1) is 0 Å². The Morgan fingerprint density at radius 2 is 1.82 bits per heavy atom. The van der Waals surface area contributed by atoms with Crippen molar-refractivity contribution in [3.8, 4) is 0 Å². The predicted molar refractivity (Wildman–Crippen MR) is 86.8 cm³/mol. The van der Waals surface area contributed by atoms with Crippen LogP contribution in [0.15, 0.2) is 47.5 Å². The second-order valence-electron chi connectivity index (χ2n) is 5.50. The van der Waals surface area contributed by atoms with E-state index in [1.165, 1.54) is 12.1 Å². The molecule has 2 aromatic carbocycles. The molecule has 2 aliphatic rings. The van der Waals surface area contributed by atoms with Gasteiger partial charge in [-0.3, -0.25) is 0 Å². The Bertz CT molecular complexity index is 735. The molecule has 0 saturated carbocycles. The number of hydrogen-bond donors (Lipinski definition) is 2. The van der Waals surface area contributed by atoms with Crippen molar-refractivity contribution in [1.29, 1.82) is 0 Å². The highest BCUT2D eigenvalue weighted by Gasteiger charge is 2.22. The Morgan fingerprint density at radius 3 is 2.68 bits per heavy atom. The summed E-state index contributed by atoms with van der Waals surface area (Å²) in [7, 11) is 0. The third-order valence-electron chi connectivity index (χ3n) is 4.04. The number of fused-ring (bicyclic) bond motifs is 2. The standard InChI is InChI=1S/C17H17FN4/c18-12-5-6-15-16(11-12)21-17(22-9-7-19-8-10-22)13-3-1-2-4-14(13)20-15/h1-6,11,19-20H,7-10H2. The lowest BCUT2D eigenvalue weighted by Crippen LogP contribution is -2.46. The quantitative estimate of drug-likeness (QED) is 0.785. The van der Waals surface area contributed by atoms with Crippen LogP contribution in [0.2, 0.25) is 0 Å². The minimum atomic E-state index is -0.269. The molecule has 2 aromatic rings. The van der Waals surface area contributed by atoms with Crippen molar-refractivity contribution in [2.24, 2.45) is 4.99 Å². The fourth-order valence-electron chi connectivity index (χ4n) is 2.93. The van der Waals surface area contributed by atoms with Crippen LogP contribution in [0.1, 0.15) is 5.56 Å². The summed E-state index contributed by atoms with van der Waals surface area (Å²) in [6.45, 7) is 3.67. The molecule has 0 atom stereocenters. The summed E-state index contributed by atoms with van der Waals surface area (Å²) in [5.41, 5.74) is 3.54. The summed E-state index contributed by atoms with van der Waals surface area (Å²) >= 11 is 0. The normalized spacial score (nSPS) is 17.0. The van der Waals surface area contributed by atoms with Gasteiger partial charge in [0, 0.05) is 43.5 Å². The Kier molecular flexibility index (Phi) is 3.27. The van der Waals surface area contributed by atoms with E-state index in [-0.39, 0.29) is 5.82 Å². The van der Waals surface area contributed by atoms with Gasteiger partial charge in [-0.05, 0) is 24.3 Å². The number of nitrogens with one attached hydrogen (secondary N) is 2. The molecule has 112 valence electrons. The first-order valence-electron chi connectivity index (χ1n) is 7.51. The molecule has 0 unspecified atom stereocenters. The third kappa shape index (κ3) is 2.33. The van der Waals surface area contributed by atoms with Crippen molar-refractivity contribution in [1.82, 2.24) is 10.2 Å². The van der Waals surface area contributed by atoms with E-state index in [1.54, 1.807) is 6.07 Å². The zero-order chi connectivity index (χ0) is 14.9. The van der Waals surface area contributed by atoms with Crippen molar-refractivity contribution in [2.75, 3.05) is 31.5 Å². The lowest BCUT2D eigenvalue weighted by Gasteiger charge is -2.30. The second kappa shape index (κ2) is 5.42. The highest BCUT2D eigenvalue weighted by atomic mass is 19.1. The molecule has 4 nitrogen and oxygen atoms in total. The minimum absolute atomic E-state index is 0.269. The molecule has 2 heterocycles. The fourth-order valence-corrected chi connectivity index (χ4v) is 2.93. The van der Waals surface area contributed by atoms with E-state index in [0.717, 1.165) is 49.0 Å². The first-order chi connectivity index (χ1) is 10.8. The molecule has 1 saturated heterocycles. The lowest BCUT2D eigenvalue weighted by molar-refractivity contribution is 0.358. The first-order valence-corrected chi connectivity index (χ1v) is 7.51. The van der Waals surface area contributed by atoms with Crippen LogP contribution in [-0.2, 0) is 0 Å². The number of rotatable bonds is 0. The van der Waals surface area contributed by atoms with E-state index in [4.69, 9.17) is 4.99 Å². The molecule has 22 heavy (non-hydrogen) atoms. The van der Waals surface area contributed by atoms with Gasteiger partial charge in [0.1, 0.15) is 11.7 Å². The summed E-state index contributed by atoms with van der Waals surface area (Å²) < 4.78 is 13.6. The van der Waals surface area contributed by atoms with Gasteiger partial charge < -0.3 is 15.5 Å². The van der Waals surface area contributed by atoms with Gasteiger partial charge in [0.05, 0.1) is 11.4 Å². The molecule has 0 amide bonds. The molecule has 0 bridgehead atoms. The topological polar surface area (TPSA) is 39.7 Å². The van der Waals surface area contributed by atoms with Gasteiger partial charge in [-0.2, -0.15) is 0 Å². The lowest BCUT2D eigenvalue weighted by atomic mass is 10.1. The van der Waals surface area contributed by atoms with Gasteiger partial charge in [0.2, 0.25) is 0 Å². The Morgan fingerprint density at radius 1 is 1.00 bits per heavy atom. The molecule has 0 aliphatic carbocycles. The molecule has 0 spiro atoms. The molecule has 5 heteroatoms. The van der Waals surface area contributed by atoms with Crippen molar-refractivity contribution >= 4 is 22.9 Å². The molecular weight excluding hydrogens is 279 g/mol. The maximum absolute atomic E-state index is 13.6. The number of nitrogens with zero attached hydrogens (tertiary/aromatic N) is 2. The SMILES string of the molecule is Fc1ccc2c(c1)N=C(N1CCNCC1)c1ccccc1N2. The second-order valence-corrected chi connectivity index (χ2v) is 5.50. The van der Waals surface area contributed by atoms with Crippen LogP contribution in [0.25, 0.3) is 0 Å². The van der Waals surface area contributed by atoms with Crippen LogP contribution >= 0.6 is 0 Å². The van der Waals surface area contributed by atoms with E-state index in [0.29, 0.717) is 5.69 Å². The summed E-state index contributed by atoms with van der Waals surface area (Å²) in [5.74, 6) is 0.642. The van der Waals surface area contributed by atoms with Gasteiger partial charge >= 0.3 is 0 Å². The van der Waals surface area contributed by atoms with Crippen LogP contribution in [0.5, 0.6) is 0 Å². The van der Waals surface area contributed by atoms with Crippen LogP contribution in [0.3, 0.4) is 0 Å². The highest BCUT2D eigenvalue weighted by Crippen LogP contribution is 2.35. The number of benzene rings is 2. The molecule has 2 aliphatic heterocycles. The van der Waals surface area contributed by atoms with E-state index in [9.17, 15) is 4.39 Å². The van der Waals surface area contributed by atoms with Crippen LogP contribution in [0.4, 0.5) is 21.5 Å². The average Bonchev–Trinajstić information content (AvgIpc) is 2.72. The maximum atomic E-state index is 13.6. The zero-order valence-electron chi connectivity index (χ0n) is 12.1. The Balaban J connectivity index is 1.88. The smallest absolute Gasteiger partial charge is 0.138 e. The number of amidine groups is 1. The highest BCUT2D eigenvalue weighted by molar-refractivity contribution is 6.07. The average molecular weight is 296 g/mol. The fraction of sp³-hybridized carbons (Fsp3) is 0.235. The van der Waals surface area contributed by atoms with Gasteiger partial charge in [-0.1, -0.05) is 12.1 Å². The predicted octanol–water partition coefficient (Wildman–Crippen LogP) is 2.87. The number of aliphatic imine (C=N–C) groups is 1. The summed E-state index contributed by atoms with van der Waals surface area (Å²) in [6.07, 6.45) is 0. The molecular formula is C17H17FN4. The van der Waals surface area contributed by atoms with Crippen molar-refractivity contribution in [2.45, 2.75) is 0 Å². The first kappa shape index (κ1) is 13.3. The summed E-state index contributed by atoms with van der Waals surface area (Å²) in [6, 6.07) is 12.8. The Labute approximate surface area is 128 Å². The van der Waals surface area contributed by atoms with Gasteiger partial charge in [-0.25, -0.2) is 9.38 Å². The number of hydrogen-bond acceptors (Lipinski definition) is 4. The number of anilines is 2. The Hall–Kier alpha value is -2.40. The van der Waals surface area contributed by atoms with Crippen molar-refractivity contribution in [3.63, 3.8) is 0 Å². The summed E-state index contributed by atoms with van der Waals surface area (Å²) in [5, 5.41) is 6.73. The minimum Gasteiger partial charge on any atom is -0.353 e. The third-order valence-corrected chi connectivity index (χ3v) is 4.04. The molecule has 2 N–H and O–H groups in total. The summed E-state index contributed by atoms with van der Waals surface area (Å²) in [4.78, 5) is 7.04. The number of para-hydroxylation sites is 1. The molecule has 1 fully saturated rings. The largest absolute Gasteiger partial charge is 0.353 e.